The third-order valence-electron chi connectivity index (χ3n) is 3.73. The summed E-state index contributed by atoms with van der Waals surface area (Å²) in [7, 11) is 0. The van der Waals surface area contributed by atoms with Crippen LogP contribution in [0.3, 0.4) is 0 Å². The average Bonchev–Trinajstić information content (AvgIpc) is 2.60. The number of benzene rings is 2. The van der Waals surface area contributed by atoms with Crippen LogP contribution in [0.5, 0.6) is 5.75 Å². The first-order valence-corrected chi connectivity index (χ1v) is 8.25. The minimum Gasteiger partial charge on any atom is -0.491 e. The maximum atomic E-state index is 12.6. The Labute approximate surface area is 155 Å². The Morgan fingerprint density at radius 1 is 1.19 bits per heavy atom. The number of carbonyl (C=O) groups excluding carboxylic acids is 1. The van der Waals surface area contributed by atoms with Gasteiger partial charge in [-0.15, -0.1) is 0 Å². The van der Waals surface area contributed by atoms with Gasteiger partial charge in [-0.3, -0.25) is 0 Å². The first kappa shape index (κ1) is 20.6. The van der Waals surface area contributed by atoms with Gasteiger partial charge in [-0.05, 0) is 43.7 Å². The van der Waals surface area contributed by atoms with Gasteiger partial charge in [0.05, 0.1) is 5.56 Å². The number of amides is 2. The van der Waals surface area contributed by atoms with E-state index in [1.165, 1.54) is 12.1 Å². The molecule has 2 rings (SSSR count). The summed E-state index contributed by atoms with van der Waals surface area (Å²) in [5.41, 5.74) is 1.78. The lowest BCUT2D eigenvalue weighted by Gasteiger charge is -2.15. The molecule has 27 heavy (non-hydrogen) atoms. The van der Waals surface area contributed by atoms with E-state index in [9.17, 15) is 23.1 Å². The van der Waals surface area contributed by atoms with Crippen LogP contribution in [-0.4, -0.2) is 30.4 Å². The van der Waals surface area contributed by atoms with Crippen LogP contribution < -0.4 is 15.4 Å². The molecule has 0 aliphatic carbocycles. The van der Waals surface area contributed by atoms with E-state index >= 15 is 0 Å². The smallest absolute Gasteiger partial charge is 0.416 e. The van der Waals surface area contributed by atoms with Crippen molar-refractivity contribution in [3.05, 3.63) is 59.2 Å². The van der Waals surface area contributed by atoms with Crippen LogP contribution >= 0.6 is 0 Å². The molecule has 0 saturated heterocycles. The van der Waals surface area contributed by atoms with Gasteiger partial charge in [0, 0.05) is 12.2 Å². The second kappa shape index (κ2) is 8.77. The lowest BCUT2D eigenvalue weighted by Crippen LogP contribution is -2.37. The van der Waals surface area contributed by atoms with Crippen molar-refractivity contribution in [3.63, 3.8) is 0 Å². The molecule has 5 nitrogen and oxygen atoms in total. The Morgan fingerprint density at radius 2 is 1.93 bits per heavy atom. The van der Waals surface area contributed by atoms with Gasteiger partial charge in [0.1, 0.15) is 18.5 Å². The maximum absolute atomic E-state index is 12.6. The minimum atomic E-state index is -4.47. The molecule has 8 heteroatoms. The highest BCUT2D eigenvalue weighted by Gasteiger charge is 2.30. The maximum Gasteiger partial charge on any atom is 0.416 e. The van der Waals surface area contributed by atoms with Crippen molar-refractivity contribution >= 4 is 11.7 Å². The van der Waals surface area contributed by atoms with Crippen LogP contribution in [0.1, 0.15) is 16.7 Å². The number of anilines is 1. The molecule has 3 N–H and O–H groups in total. The van der Waals surface area contributed by atoms with E-state index in [2.05, 4.69) is 10.6 Å². The molecule has 2 aromatic rings. The molecule has 0 bridgehead atoms. The zero-order valence-electron chi connectivity index (χ0n) is 14.9. The number of hydrogen-bond acceptors (Lipinski definition) is 3. The second-order valence-electron chi connectivity index (χ2n) is 6.14. The number of hydrogen-bond donors (Lipinski definition) is 3. The molecule has 0 heterocycles. The van der Waals surface area contributed by atoms with Gasteiger partial charge in [0.15, 0.2) is 0 Å². The molecule has 146 valence electrons. The number of urea groups is 1. The molecule has 0 aliphatic heterocycles. The van der Waals surface area contributed by atoms with Crippen molar-refractivity contribution in [2.45, 2.75) is 26.1 Å². The van der Waals surface area contributed by atoms with Crippen LogP contribution in [0.15, 0.2) is 42.5 Å². The first-order valence-electron chi connectivity index (χ1n) is 8.25. The Hall–Kier alpha value is -2.74. The summed E-state index contributed by atoms with van der Waals surface area (Å²) in [6, 6.07) is 9.43. The zero-order chi connectivity index (χ0) is 20.0. The highest BCUT2D eigenvalue weighted by Crippen LogP contribution is 2.31. The van der Waals surface area contributed by atoms with Crippen molar-refractivity contribution < 1.29 is 27.8 Å². The molecule has 0 aromatic heterocycles. The summed E-state index contributed by atoms with van der Waals surface area (Å²) >= 11 is 0. The number of alkyl halides is 3. The quantitative estimate of drug-likeness (QED) is 0.710. The van der Waals surface area contributed by atoms with Crippen molar-refractivity contribution in [1.82, 2.24) is 5.32 Å². The molecular formula is C19H21F3N2O3. The Morgan fingerprint density at radius 3 is 2.59 bits per heavy atom. The van der Waals surface area contributed by atoms with Crippen molar-refractivity contribution in [2.24, 2.45) is 0 Å². The van der Waals surface area contributed by atoms with E-state index in [1.807, 2.05) is 26.0 Å². The number of aliphatic hydroxyl groups is 1. The normalized spacial score (nSPS) is 12.4. The van der Waals surface area contributed by atoms with Gasteiger partial charge < -0.3 is 20.5 Å². The molecule has 2 aromatic carbocycles. The largest absolute Gasteiger partial charge is 0.491 e. The fourth-order valence-corrected chi connectivity index (χ4v) is 2.34. The molecule has 0 aliphatic rings. The Balaban J connectivity index is 1.79. The van der Waals surface area contributed by atoms with Gasteiger partial charge in [-0.2, -0.15) is 13.2 Å². The number of halogens is 3. The number of rotatable bonds is 6. The van der Waals surface area contributed by atoms with Crippen LogP contribution in [0.25, 0.3) is 0 Å². The van der Waals surface area contributed by atoms with Gasteiger partial charge in [0.2, 0.25) is 0 Å². The van der Waals surface area contributed by atoms with Crippen molar-refractivity contribution in [3.8, 4) is 5.75 Å². The third-order valence-corrected chi connectivity index (χ3v) is 3.73. The number of aliphatic hydroxyl groups excluding tert-OH is 1. The lowest BCUT2D eigenvalue weighted by atomic mass is 10.1. The standard InChI is InChI=1S/C19H21F3N2O3/c1-12-6-7-17(13(2)8-12)24-18(26)23-10-15(25)11-27-16-5-3-4-14(9-16)19(20,21)22/h3-9,15,25H,10-11H2,1-2H3,(H2,23,24,26). The van der Waals surface area contributed by atoms with Gasteiger partial charge in [-0.25, -0.2) is 4.79 Å². The summed E-state index contributed by atoms with van der Waals surface area (Å²) < 4.78 is 43.1. The monoisotopic (exact) mass is 382 g/mol. The minimum absolute atomic E-state index is 0.0105. The van der Waals surface area contributed by atoms with E-state index in [0.29, 0.717) is 5.69 Å². The number of ether oxygens (including phenoxy) is 1. The first-order chi connectivity index (χ1) is 12.6. The predicted molar refractivity (Wildman–Crippen MR) is 95.9 cm³/mol. The summed E-state index contributed by atoms with van der Waals surface area (Å²) in [4.78, 5) is 11.9. The number of nitrogens with one attached hydrogen (secondary N) is 2. The molecule has 0 spiro atoms. The van der Waals surface area contributed by atoms with E-state index < -0.39 is 23.9 Å². The van der Waals surface area contributed by atoms with Crippen LogP contribution in [0.2, 0.25) is 0 Å². The third kappa shape index (κ3) is 6.49. The lowest BCUT2D eigenvalue weighted by molar-refractivity contribution is -0.137. The summed E-state index contributed by atoms with van der Waals surface area (Å²) in [6.07, 6.45) is -5.55. The van der Waals surface area contributed by atoms with Crippen LogP contribution in [0.4, 0.5) is 23.7 Å². The molecule has 2 amide bonds. The topological polar surface area (TPSA) is 70.6 Å². The van der Waals surface area contributed by atoms with E-state index in [0.717, 1.165) is 23.3 Å². The van der Waals surface area contributed by atoms with E-state index in [1.54, 1.807) is 6.07 Å². The van der Waals surface area contributed by atoms with Crippen molar-refractivity contribution in [2.75, 3.05) is 18.5 Å². The molecule has 0 saturated carbocycles. The molecular weight excluding hydrogens is 361 g/mol. The molecule has 1 unspecified atom stereocenters. The fraction of sp³-hybridized carbons (Fsp3) is 0.316. The van der Waals surface area contributed by atoms with E-state index in [-0.39, 0.29) is 18.9 Å². The summed E-state index contributed by atoms with van der Waals surface area (Å²) in [5, 5.41) is 15.0. The fourth-order valence-electron chi connectivity index (χ4n) is 2.34. The van der Waals surface area contributed by atoms with E-state index in [4.69, 9.17) is 4.74 Å². The number of aryl methyl sites for hydroxylation is 2. The van der Waals surface area contributed by atoms with Gasteiger partial charge in [0.25, 0.3) is 0 Å². The van der Waals surface area contributed by atoms with Gasteiger partial charge >= 0.3 is 12.2 Å². The van der Waals surface area contributed by atoms with Gasteiger partial charge in [-0.1, -0.05) is 23.8 Å². The van der Waals surface area contributed by atoms with Crippen LogP contribution in [0, 0.1) is 13.8 Å². The Bertz CT molecular complexity index is 794. The molecule has 0 fully saturated rings. The highest BCUT2D eigenvalue weighted by molar-refractivity contribution is 5.90. The second-order valence-corrected chi connectivity index (χ2v) is 6.14. The predicted octanol–water partition coefficient (Wildman–Crippen LogP) is 3.88. The zero-order valence-corrected chi connectivity index (χ0v) is 14.9. The molecule has 0 radical (unpaired) electrons. The summed E-state index contributed by atoms with van der Waals surface area (Å²) in [5.74, 6) is -0.0105. The SMILES string of the molecule is Cc1ccc(NC(=O)NCC(O)COc2cccc(C(F)(F)F)c2)c(C)c1. The summed E-state index contributed by atoms with van der Waals surface area (Å²) in [6.45, 7) is 3.43. The number of carbonyl (C=O) groups is 1. The average molecular weight is 382 g/mol. The molecule has 1 atom stereocenters. The highest BCUT2D eigenvalue weighted by atomic mass is 19.4. The van der Waals surface area contributed by atoms with Crippen LogP contribution in [-0.2, 0) is 6.18 Å². The Kier molecular flexibility index (Phi) is 6.68. The van der Waals surface area contributed by atoms with Crippen molar-refractivity contribution in [1.29, 1.82) is 0 Å².